The molecule has 2 fully saturated rings. The van der Waals surface area contributed by atoms with Crippen molar-refractivity contribution in [3.8, 4) is 0 Å². The number of carboxylic acid groups (broad SMARTS) is 1. The van der Waals surface area contributed by atoms with Crippen molar-refractivity contribution in [1.82, 2.24) is 9.80 Å². The van der Waals surface area contributed by atoms with E-state index in [4.69, 9.17) is 5.11 Å². The quantitative estimate of drug-likeness (QED) is 0.898. The minimum absolute atomic E-state index is 0.390. The van der Waals surface area contributed by atoms with Gasteiger partial charge < -0.3 is 10.0 Å². The fraction of sp³-hybridized carbons (Fsp3) is 0.650. The van der Waals surface area contributed by atoms with Crippen LogP contribution in [0.3, 0.4) is 0 Å². The van der Waals surface area contributed by atoms with Gasteiger partial charge in [-0.25, -0.2) is 4.79 Å². The van der Waals surface area contributed by atoms with Crippen LogP contribution in [0, 0.1) is 5.92 Å². The zero-order valence-corrected chi connectivity index (χ0v) is 14.6. The average Bonchev–Trinajstić information content (AvgIpc) is 2.81. The molecule has 0 radical (unpaired) electrons. The van der Waals surface area contributed by atoms with Gasteiger partial charge in [-0.15, -0.1) is 0 Å². The van der Waals surface area contributed by atoms with Crippen LogP contribution in [0.25, 0.3) is 0 Å². The Morgan fingerprint density at radius 1 is 1.00 bits per heavy atom. The fourth-order valence-electron chi connectivity index (χ4n) is 4.16. The van der Waals surface area contributed by atoms with Crippen molar-refractivity contribution in [3.05, 3.63) is 35.4 Å². The molecule has 4 heteroatoms. The van der Waals surface area contributed by atoms with Crippen molar-refractivity contribution < 1.29 is 9.90 Å². The molecule has 132 valence electrons. The summed E-state index contributed by atoms with van der Waals surface area (Å²) in [6.45, 7) is 6.69. The monoisotopic (exact) mass is 330 g/mol. The van der Waals surface area contributed by atoms with Crippen molar-refractivity contribution in [2.24, 2.45) is 5.92 Å². The van der Waals surface area contributed by atoms with Crippen molar-refractivity contribution in [1.29, 1.82) is 0 Å². The summed E-state index contributed by atoms with van der Waals surface area (Å²) in [5, 5.41) is 9.13. The van der Waals surface area contributed by atoms with Gasteiger partial charge in [-0.2, -0.15) is 0 Å². The second kappa shape index (κ2) is 8.63. The molecule has 1 aromatic carbocycles. The summed E-state index contributed by atoms with van der Waals surface area (Å²) in [6.07, 6.45) is 8.32. The lowest BCUT2D eigenvalue weighted by molar-refractivity contribution is 0.0696. The molecule has 3 rings (SSSR count). The number of benzene rings is 1. The summed E-state index contributed by atoms with van der Waals surface area (Å²) in [5.74, 6) is 0.0731. The van der Waals surface area contributed by atoms with E-state index in [0.717, 1.165) is 37.7 Å². The molecule has 0 spiro atoms. The second-order valence-electron chi connectivity index (χ2n) is 7.44. The van der Waals surface area contributed by atoms with Crippen LogP contribution in [0.2, 0.25) is 0 Å². The highest BCUT2D eigenvalue weighted by Gasteiger charge is 2.20. The maximum Gasteiger partial charge on any atom is 0.335 e. The molecule has 0 atom stereocenters. The molecule has 1 aliphatic carbocycles. The third-order valence-corrected chi connectivity index (χ3v) is 5.50. The Kier molecular flexibility index (Phi) is 6.27. The molecule has 0 unspecified atom stereocenters. The smallest absolute Gasteiger partial charge is 0.335 e. The van der Waals surface area contributed by atoms with Crippen LogP contribution < -0.4 is 0 Å². The van der Waals surface area contributed by atoms with E-state index in [1.54, 1.807) is 6.07 Å². The Hall–Kier alpha value is -1.39. The van der Waals surface area contributed by atoms with Crippen LogP contribution >= 0.6 is 0 Å². The zero-order chi connectivity index (χ0) is 16.8. The summed E-state index contributed by atoms with van der Waals surface area (Å²) in [4.78, 5) is 16.2. The van der Waals surface area contributed by atoms with Gasteiger partial charge in [0.1, 0.15) is 0 Å². The van der Waals surface area contributed by atoms with E-state index in [1.807, 2.05) is 18.2 Å². The molecule has 1 saturated carbocycles. The molecule has 1 aromatic rings. The van der Waals surface area contributed by atoms with Gasteiger partial charge in [-0.05, 0) is 56.0 Å². The summed E-state index contributed by atoms with van der Waals surface area (Å²) in [6, 6.07) is 7.37. The third kappa shape index (κ3) is 5.05. The number of carbonyl (C=O) groups is 1. The van der Waals surface area contributed by atoms with E-state index in [1.165, 1.54) is 51.6 Å². The molecular weight excluding hydrogens is 300 g/mol. The van der Waals surface area contributed by atoms with Crippen LogP contribution in [0.1, 0.15) is 54.4 Å². The number of carboxylic acids is 1. The predicted molar refractivity (Wildman–Crippen MR) is 96.3 cm³/mol. The molecule has 1 saturated heterocycles. The maximum atomic E-state index is 11.1. The van der Waals surface area contributed by atoms with E-state index in [-0.39, 0.29) is 0 Å². The first kappa shape index (κ1) is 17.4. The maximum absolute atomic E-state index is 11.1. The summed E-state index contributed by atoms with van der Waals surface area (Å²) < 4.78 is 0. The predicted octanol–water partition coefficient (Wildman–Crippen LogP) is 3.47. The van der Waals surface area contributed by atoms with Crippen LogP contribution in [0.4, 0.5) is 0 Å². The van der Waals surface area contributed by atoms with Crippen LogP contribution in [0.15, 0.2) is 24.3 Å². The molecule has 4 nitrogen and oxygen atoms in total. The van der Waals surface area contributed by atoms with Gasteiger partial charge in [0, 0.05) is 26.2 Å². The molecule has 1 heterocycles. The topological polar surface area (TPSA) is 43.8 Å². The Bertz CT molecular complexity index is 540. The van der Waals surface area contributed by atoms with Crippen molar-refractivity contribution >= 4 is 5.97 Å². The van der Waals surface area contributed by atoms with Gasteiger partial charge in [-0.3, -0.25) is 4.90 Å². The molecule has 24 heavy (non-hydrogen) atoms. The van der Waals surface area contributed by atoms with Crippen molar-refractivity contribution in [3.63, 3.8) is 0 Å². The van der Waals surface area contributed by atoms with Gasteiger partial charge in [0.15, 0.2) is 0 Å². The molecule has 1 aliphatic heterocycles. The van der Waals surface area contributed by atoms with Crippen molar-refractivity contribution in [2.45, 2.75) is 45.1 Å². The number of rotatable bonds is 5. The molecule has 1 N–H and O–H groups in total. The molecule has 0 bridgehead atoms. The number of hydrogen-bond acceptors (Lipinski definition) is 3. The van der Waals surface area contributed by atoms with E-state index in [9.17, 15) is 4.79 Å². The lowest BCUT2D eigenvalue weighted by atomic mass is 9.89. The van der Waals surface area contributed by atoms with E-state index >= 15 is 0 Å². The van der Waals surface area contributed by atoms with Crippen molar-refractivity contribution in [2.75, 3.05) is 32.7 Å². The fourth-order valence-corrected chi connectivity index (χ4v) is 4.16. The molecule has 2 aliphatic rings. The highest BCUT2D eigenvalue weighted by Crippen LogP contribution is 2.24. The highest BCUT2D eigenvalue weighted by molar-refractivity contribution is 5.87. The Labute approximate surface area is 145 Å². The Balaban J connectivity index is 1.50. The SMILES string of the molecule is O=C(O)c1cccc(CN2CCCN(CC3CCCCC3)CC2)c1. The van der Waals surface area contributed by atoms with Crippen LogP contribution in [-0.4, -0.2) is 53.6 Å². The normalized spacial score (nSPS) is 21.5. The largest absolute Gasteiger partial charge is 0.478 e. The van der Waals surface area contributed by atoms with Gasteiger partial charge in [0.2, 0.25) is 0 Å². The third-order valence-electron chi connectivity index (χ3n) is 5.50. The Morgan fingerprint density at radius 3 is 2.54 bits per heavy atom. The number of hydrogen-bond donors (Lipinski definition) is 1. The van der Waals surface area contributed by atoms with Crippen LogP contribution in [0.5, 0.6) is 0 Å². The molecule has 0 amide bonds. The lowest BCUT2D eigenvalue weighted by Gasteiger charge is -2.29. The van der Waals surface area contributed by atoms with Crippen LogP contribution in [-0.2, 0) is 6.54 Å². The summed E-state index contributed by atoms with van der Waals surface area (Å²) in [5.41, 5.74) is 1.50. The van der Waals surface area contributed by atoms with Gasteiger partial charge in [0.25, 0.3) is 0 Å². The van der Waals surface area contributed by atoms with E-state index in [2.05, 4.69) is 9.80 Å². The summed E-state index contributed by atoms with van der Waals surface area (Å²) in [7, 11) is 0. The lowest BCUT2D eigenvalue weighted by Crippen LogP contribution is -2.34. The first-order valence-electron chi connectivity index (χ1n) is 9.47. The van der Waals surface area contributed by atoms with Gasteiger partial charge in [-0.1, -0.05) is 31.4 Å². The Morgan fingerprint density at radius 2 is 1.75 bits per heavy atom. The highest BCUT2D eigenvalue weighted by atomic mass is 16.4. The van der Waals surface area contributed by atoms with Gasteiger partial charge >= 0.3 is 5.97 Å². The van der Waals surface area contributed by atoms with E-state index < -0.39 is 5.97 Å². The second-order valence-corrected chi connectivity index (χ2v) is 7.44. The minimum atomic E-state index is -0.841. The zero-order valence-electron chi connectivity index (χ0n) is 14.6. The standard InChI is InChI=1S/C20H30N2O2/c23-20(24)19-9-4-8-18(14-19)16-22-11-5-10-21(12-13-22)15-17-6-2-1-3-7-17/h4,8-9,14,17H,1-3,5-7,10-13,15-16H2,(H,23,24). The average molecular weight is 330 g/mol. The first-order chi connectivity index (χ1) is 11.7. The number of nitrogens with zero attached hydrogens (tertiary/aromatic N) is 2. The molecular formula is C20H30N2O2. The minimum Gasteiger partial charge on any atom is -0.478 e. The molecule has 0 aromatic heterocycles. The van der Waals surface area contributed by atoms with E-state index in [0.29, 0.717) is 5.56 Å². The summed E-state index contributed by atoms with van der Waals surface area (Å²) >= 11 is 0. The number of aromatic carboxylic acids is 1. The first-order valence-corrected chi connectivity index (χ1v) is 9.47. The van der Waals surface area contributed by atoms with Gasteiger partial charge in [0.05, 0.1) is 5.56 Å².